The Balaban J connectivity index is 2.68. The van der Waals surface area contributed by atoms with Gasteiger partial charge < -0.3 is 10.0 Å². The number of carboxylic acids is 1. The van der Waals surface area contributed by atoms with Crippen molar-refractivity contribution in [2.75, 3.05) is 19.6 Å². The maximum Gasteiger partial charge on any atom is 0.327 e. The van der Waals surface area contributed by atoms with Crippen molar-refractivity contribution in [3.8, 4) is 0 Å². The molecule has 0 radical (unpaired) electrons. The average Bonchev–Trinajstić information content (AvgIpc) is 2.10. The first kappa shape index (κ1) is 10.5. The zero-order valence-electron chi connectivity index (χ0n) is 7.89. The van der Waals surface area contributed by atoms with Crippen LogP contribution >= 0.6 is 0 Å². The fraction of sp³-hybridized carbons (Fsp3) is 0.625. The van der Waals surface area contributed by atoms with Crippen molar-refractivity contribution in [3.63, 3.8) is 0 Å². The van der Waals surface area contributed by atoms with Crippen LogP contribution < -0.4 is 0 Å². The van der Waals surface area contributed by atoms with Crippen LogP contribution in [0.5, 0.6) is 0 Å². The number of carboxylic acid groups (broad SMARTS) is 1. The third-order valence-electron chi connectivity index (χ3n) is 2.04. The Labute approximate surface area is 81.1 Å². The maximum atomic E-state index is 11.5. The molecule has 1 fully saturated rings. The minimum absolute atomic E-state index is 0.195. The number of nitrogens with zero attached hydrogens (tertiary/aromatic N) is 2. The van der Waals surface area contributed by atoms with Crippen molar-refractivity contribution in [1.82, 2.24) is 9.80 Å². The second kappa shape index (κ2) is 4.08. The summed E-state index contributed by atoms with van der Waals surface area (Å²) in [4.78, 5) is 35.3. The summed E-state index contributed by atoms with van der Waals surface area (Å²) in [7, 11) is 0. The summed E-state index contributed by atoms with van der Waals surface area (Å²) < 4.78 is 0. The standard InChI is InChI=1S/C8H12N2O4/c1-2-10-6(11)3-4-9(8(10)14)5-7(12)13/h2-5H2,1H3,(H,12,13). The first-order valence-electron chi connectivity index (χ1n) is 4.37. The van der Waals surface area contributed by atoms with Crippen LogP contribution in [0.15, 0.2) is 0 Å². The molecule has 1 aliphatic heterocycles. The van der Waals surface area contributed by atoms with Gasteiger partial charge in [0.1, 0.15) is 6.54 Å². The lowest BCUT2D eigenvalue weighted by molar-refractivity contribution is -0.140. The lowest BCUT2D eigenvalue weighted by Gasteiger charge is -2.32. The van der Waals surface area contributed by atoms with Gasteiger partial charge in [-0.05, 0) is 6.92 Å². The van der Waals surface area contributed by atoms with E-state index in [-0.39, 0.29) is 32.0 Å². The minimum Gasteiger partial charge on any atom is -0.480 e. The monoisotopic (exact) mass is 200 g/mol. The number of carbonyl (C=O) groups excluding carboxylic acids is 2. The molecule has 1 aliphatic rings. The van der Waals surface area contributed by atoms with Crippen LogP contribution in [-0.2, 0) is 9.59 Å². The fourth-order valence-electron chi connectivity index (χ4n) is 1.36. The van der Waals surface area contributed by atoms with Crippen molar-refractivity contribution >= 4 is 17.9 Å². The van der Waals surface area contributed by atoms with E-state index in [0.29, 0.717) is 0 Å². The van der Waals surface area contributed by atoms with E-state index in [2.05, 4.69) is 0 Å². The van der Waals surface area contributed by atoms with Gasteiger partial charge in [-0.2, -0.15) is 0 Å². The van der Waals surface area contributed by atoms with E-state index in [1.807, 2.05) is 0 Å². The van der Waals surface area contributed by atoms with Crippen molar-refractivity contribution < 1.29 is 19.5 Å². The lowest BCUT2D eigenvalue weighted by atomic mass is 10.2. The second-order valence-electron chi connectivity index (χ2n) is 2.99. The summed E-state index contributed by atoms with van der Waals surface area (Å²) in [5.41, 5.74) is 0. The molecule has 0 bridgehead atoms. The molecule has 0 unspecified atom stereocenters. The molecular weight excluding hydrogens is 188 g/mol. The van der Waals surface area contributed by atoms with E-state index in [1.54, 1.807) is 6.92 Å². The molecule has 1 heterocycles. The second-order valence-corrected chi connectivity index (χ2v) is 2.99. The van der Waals surface area contributed by atoms with Gasteiger partial charge in [0.25, 0.3) is 0 Å². The van der Waals surface area contributed by atoms with Crippen LogP contribution in [0, 0.1) is 0 Å². The molecule has 1 saturated heterocycles. The van der Waals surface area contributed by atoms with Gasteiger partial charge >= 0.3 is 12.0 Å². The van der Waals surface area contributed by atoms with Gasteiger partial charge in [-0.1, -0.05) is 0 Å². The van der Waals surface area contributed by atoms with Gasteiger partial charge in [0.05, 0.1) is 0 Å². The number of urea groups is 1. The summed E-state index contributed by atoms with van der Waals surface area (Å²) in [6.45, 7) is 1.82. The molecule has 1 rings (SSSR count). The first-order chi connectivity index (χ1) is 6.56. The SMILES string of the molecule is CCN1C(=O)CCN(CC(=O)O)C1=O. The van der Waals surface area contributed by atoms with E-state index in [4.69, 9.17) is 5.11 Å². The number of aliphatic carboxylic acids is 1. The number of rotatable bonds is 3. The largest absolute Gasteiger partial charge is 0.480 e. The third kappa shape index (κ3) is 2.01. The quantitative estimate of drug-likeness (QED) is 0.681. The van der Waals surface area contributed by atoms with Crippen LogP contribution in [0.4, 0.5) is 4.79 Å². The van der Waals surface area contributed by atoms with Gasteiger partial charge in [-0.15, -0.1) is 0 Å². The number of carbonyl (C=O) groups is 3. The van der Waals surface area contributed by atoms with Gasteiger partial charge in [-0.3, -0.25) is 14.5 Å². The van der Waals surface area contributed by atoms with Gasteiger partial charge in [0.15, 0.2) is 0 Å². The topological polar surface area (TPSA) is 77.9 Å². The zero-order chi connectivity index (χ0) is 10.7. The molecule has 0 spiro atoms. The molecule has 78 valence electrons. The zero-order valence-corrected chi connectivity index (χ0v) is 7.89. The van der Waals surface area contributed by atoms with Gasteiger partial charge in [0, 0.05) is 19.5 Å². The van der Waals surface area contributed by atoms with E-state index >= 15 is 0 Å². The molecule has 6 nitrogen and oxygen atoms in total. The normalized spacial score (nSPS) is 17.5. The number of imide groups is 1. The highest BCUT2D eigenvalue weighted by atomic mass is 16.4. The highest BCUT2D eigenvalue weighted by Gasteiger charge is 2.31. The smallest absolute Gasteiger partial charge is 0.327 e. The van der Waals surface area contributed by atoms with Crippen LogP contribution in [0.1, 0.15) is 13.3 Å². The van der Waals surface area contributed by atoms with Crippen LogP contribution in [0.3, 0.4) is 0 Å². The van der Waals surface area contributed by atoms with E-state index < -0.39 is 12.0 Å². The fourth-order valence-corrected chi connectivity index (χ4v) is 1.36. The van der Waals surface area contributed by atoms with Crippen molar-refractivity contribution in [1.29, 1.82) is 0 Å². The predicted molar refractivity (Wildman–Crippen MR) is 46.6 cm³/mol. The van der Waals surface area contributed by atoms with Crippen molar-refractivity contribution in [2.24, 2.45) is 0 Å². The molecule has 0 atom stereocenters. The third-order valence-corrected chi connectivity index (χ3v) is 2.04. The van der Waals surface area contributed by atoms with Crippen LogP contribution in [0.2, 0.25) is 0 Å². The minimum atomic E-state index is -1.07. The Morgan fingerprint density at radius 3 is 2.64 bits per heavy atom. The molecule has 0 aromatic rings. The summed E-state index contributed by atoms with van der Waals surface area (Å²) in [6.07, 6.45) is 0.201. The lowest BCUT2D eigenvalue weighted by Crippen LogP contribution is -2.53. The van der Waals surface area contributed by atoms with Crippen molar-refractivity contribution in [2.45, 2.75) is 13.3 Å². The molecule has 0 saturated carbocycles. The molecule has 0 aromatic carbocycles. The average molecular weight is 200 g/mol. The Bertz CT molecular complexity index is 277. The van der Waals surface area contributed by atoms with Crippen LogP contribution in [0.25, 0.3) is 0 Å². The molecule has 3 amide bonds. The molecule has 0 aromatic heterocycles. The molecular formula is C8H12N2O4. The highest BCUT2D eigenvalue weighted by Crippen LogP contribution is 2.09. The molecule has 0 aliphatic carbocycles. The Morgan fingerprint density at radius 1 is 1.50 bits per heavy atom. The molecule has 14 heavy (non-hydrogen) atoms. The number of hydrogen-bond acceptors (Lipinski definition) is 3. The molecule has 6 heteroatoms. The Morgan fingerprint density at radius 2 is 2.14 bits per heavy atom. The number of amides is 3. The highest BCUT2D eigenvalue weighted by molar-refractivity contribution is 5.97. The van der Waals surface area contributed by atoms with E-state index in [1.165, 1.54) is 0 Å². The summed E-state index contributed by atoms with van der Waals surface area (Å²) >= 11 is 0. The van der Waals surface area contributed by atoms with E-state index in [9.17, 15) is 14.4 Å². The predicted octanol–water partition coefficient (Wildman–Crippen LogP) is -0.255. The Hall–Kier alpha value is -1.59. The first-order valence-corrected chi connectivity index (χ1v) is 4.37. The van der Waals surface area contributed by atoms with E-state index in [0.717, 1.165) is 9.80 Å². The van der Waals surface area contributed by atoms with Gasteiger partial charge in [-0.25, -0.2) is 4.79 Å². The summed E-state index contributed by atoms with van der Waals surface area (Å²) in [5.74, 6) is -1.30. The summed E-state index contributed by atoms with van der Waals surface area (Å²) in [6, 6.07) is -0.508. The maximum absolute atomic E-state index is 11.5. The van der Waals surface area contributed by atoms with Crippen LogP contribution in [-0.4, -0.2) is 52.4 Å². The van der Waals surface area contributed by atoms with Gasteiger partial charge in [0.2, 0.25) is 5.91 Å². The number of hydrogen-bond donors (Lipinski definition) is 1. The molecule has 1 N–H and O–H groups in total. The van der Waals surface area contributed by atoms with Crippen molar-refractivity contribution in [3.05, 3.63) is 0 Å². The summed E-state index contributed by atoms with van der Waals surface area (Å²) in [5, 5.41) is 8.51. The Kier molecular flexibility index (Phi) is 3.06.